The number of nitrogens with zero attached hydrogens (tertiary/aromatic N) is 2. The number of hydrogen-bond acceptors (Lipinski definition) is 6. The van der Waals surface area contributed by atoms with Crippen LogP contribution >= 0.6 is 12.4 Å². The Balaban J connectivity index is 0.00000280. The van der Waals surface area contributed by atoms with Crippen molar-refractivity contribution in [1.82, 2.24) is 9.55 Å². The fourth-order valence-corrected chi connectivity index (χ4v) is 2.67. The number of benzene rings is 1. The third-order valence-electron chi connectivity index (χ3n) is 3.91. The minimum absolute atomic E-state index is 0. The summed E-state index contributed by atoms with van der Waals surface area (Å²) in [7, 11) is 0. The molecule has 0 spiro atoms. The average Bonchev–Trinajstić information content (AvgIpc) is 3.08. The normalized spacial score (nSPS) is 15.8. The Bertz CT molecular complexity index is 900. The lowest BCUT2D eigenvalue weighted by Gasteiger charge is -2.27. The summed E-state index contributed by atoms with van der Waals surface area (Å²) in [5.74, 6) is -1.62. The second-order valence-electron chi connectivity index (χ2n) is 5.71. The van der Waals surface area contributed by atoms with Gasteiger partial charge in [0, 0.05) is 12.7 Å². The van der Waals surface area contributed by atoms with Gasteiger partial charge in [-0.3, -0.25) is 4.79 Å². The average molecular weight is 420 g/mol. The van der Waals surface area contributed by atoms with Crippen molar-refractivity contribution in [2.75, 3.05) is 17.2 Å². The van der Waals surface area contributed by atoms with Crippen LogP contribution in [0.25, 0.3) is 5.69 Å². The van der Waals surface area contributed by atoms with E-state index in [1.165, 1.54) is 23.2 Å². The highest BCUT2D eigenvalue weighted by atomic mass is 35.5. The number of fused-ring (bicyclic) bond motifs is 1. The standard InChI is InChI=1S/C16H16F3N5O3.ClH/c1-2-27-15(26)13-14(25)23-10-3-9(16(17,18)19)12(4-11(10)22-13)24-6-8(5-20)21-7-24;/h3-4,6-7,13,22H,2,5,20H2,1H3,(H,23,25);1H. The number of hydrogen-bond donors (Lipinski definition) is 3. The van der Waals surface area contributed by atoms with Crippen LogP contribution in [0.3, 0.4) is 0 Å². The highest BCUT2D eigenvalue weighted by molar-refractivity contribution is 6.14. The molecule has 0 saturated carbocycles. The Kier molecular flexibility index (Phi) is 6.20. The SMILES string of the molecule is CCOC(=O)C1Nc2cc(-n3cnc(CN)c3)c(C(F)(F)F)cc2NC1=O.Cl. The van der Waals surface area contributed by atoms with Crippen molar-refractivity contribution in [1.29, 1.82) is 0 Å². The van der Waals surface area contributed by atoms with Gasteiger partial charge >= 0.3 is 12.1 Å². The fraction of sp³-hybridized carbons (Fsp3) is 0.312. The van der Waals surface area contributed by atoms with Gasteiger partial charge < -0.3 is 25.7 Å². The molecule has 3 rings (SSSR count). The molecule has 1 aliphatic rings. The molecule has 2 aromatic rings. The van der Waals surface area contributed by atoms with E-state index in [1.807, 2.05) is 0 Å². The van der Waals surface area contributed by atoms with E-state index in [2.05, 4.69) is 15.6 Å². The summed E-state index contributed by atoms with van der Waals surface area (Å²) < 4.78 is 46.6. The third kappa shape index (κ3) is 4.04. The molecular formula is C16H17ClF3N5O3. The number of nitrogens with one attached hydrogen (secondary N) is 2. The largest absolute Gasteiger partial charge is 0.464 e. The molecule has 0 radical (unpaired) electrons. The fourth-order valence-electron chi connectivity index (χ4n) is 2.67. The van der Waals surface area contributed by atoms with Gasteiger partial charge in [-0.05, 0) is 19.1 Å². The molecule has 0 aliphatic carbocycles. The number of nitrogens with two attached hydrogens (primary N) is 1. The summed E-state index contributed by atoms with van der Waals surface area (Å²) in [6.45, 7) is 1.71. The molecule has 0 bridgehead atoms. The lowest BCUT2D eigenvalue weighted by atomic mass is 10.1. The minimum Gasteiger partial charge on any atom is -0.464 e. The number of carbonyl (C=O) groups is 2. The van der Waals surface area contributed by atoms with E-state index in [1.54, 1.807) is 6.92 Å². The Morgan fingerprint density at radius 1 is 1.36 bits per heavy atom. The number of rotatable bonds is 4. The molecule has 28 heavy (non-hydrogen) atoms. The zero-order chi connectivity index (χ0) is 19.8. The summed E-state index contributed by atoms with van der Waals surface area (Å²) in [5.41, 5.74) is 4.74. The quantitative estimate of drug-likeness (QED) is 0.517. The Labute approximate surface area is 163 Å². The lowest BCUT2D eigenvalue weighted by molar-refractivity contribution is -0.146. The predicted octanol–water partition coefficient (Wildman–Crippen LogP) is 2.07. The number of halogens is 4. The maximum atomic E-state index is 13.5. The van der Waals surface area contributed by atoms with Gasteiger partial charge in [0.2, 0.25) is 6.04 Å². The summed E-state index contributed by atoms with van der Waals surface area (Å²) in [6, 6.07) is 0.634. The molecule has 1 unspecified atom stereocenters. The first-order chi connectivity index (χ1) is 12.7. The molecule has 1 atom stereocenters. The molecule has 1 aromatic heterocycles. The van der Waals surface area contributed by atoms with Crippen molar-refractivity contribution >= 4 is 35.7 Å². The van der Waals surface area contributed by atoms with Gasteiger partial charge in [0.1, 0.15) is 0 Å². The maximum absolute atomic E-state index is 13.5. The summed E-state index contributed by atoms with van der Waals surface area (Å²) in [4.78, 5) is 27.9. The van der Waals surface area contributed by atoms with Crippen LogP contribution < -0.4 is 16.4 Å². The number of alkyl halides is 3. The molecule has 2 heterocycles. The van der Waals surface area contributed by atoms with Crippen molar-refractivity contribution in [2.45, 2.75) is 25.7 Å². The molecular weight excluding hydrogens is 403 g/mol. The molecule has 4 N–H and O–H groups in total. The monoisotopic (exact) mass is 419 g/mol. The predicted molar refractivity (Wildman–Crippen MR) is 96.4 cm³/mol. The van der Waals surface area contributed by atoms with Crippen molar-refractivity contribution in [3.63, 3.8) is 0 Å². The van der Waals surface area contributed by atoms with Crippen molar-refractivity contribution < 1.29 is 27.5 Å². The van der Waals surface area contributed by atoms with Gasteiger partial charge in [0.25, 0.3) is 5.91 Å². The third-order valence-corrected chi connectivity index (χ3v) is 3.91. The van der Waals surface area contributed by atoms with E-state index in [-0.39, 0.29) is 42.6 Å². The van der Waals surface area contributed by atoms with Crippen molar-refractivity contribution in [2.24, 2.45) is 5.73 Å². The van der Waals surface area contributed by atoms with E-state index in [4.69, 9.17) is 10.5 Å². The Morgan fingerprint density at radius 3 is 2.64 bits per heavy atom. The van der Waals surface area contributed by atoms with Gasteiger partial charge in [0.05, 0.1) is 41.3 Å². The van der Waals surface area contributed by atoms with Crippen LogP contribution in [0.1, 0.15) is 18.2 Å². The van der Waals surface area contributed by atoms with Crippen LogP contribution in [0, 0.1) is 0 Å². The number of imidazole rings is 1. The molecule has 1 amide bonds. The Morgan fingerprint density at radius 2 is 2.07 bits per heavy atom. The Hall–Kier alpha value is -2.79. The van der Waals surface area contributed by atoms with Gasteiger partial charge in [-0.1, -0.05) is 0 Å². The van der Waals surface area contributed by atoms with Gasteiger partial charge in [-0.15, -0.1) is 12.4 Å². The molecule has 1 aromatic carbocycles. The summed E-state index contributed by atoms with van der Waals surface area (Å²) in [6.07, 6.45) is -2.09. The number of anilines is 2. The van der Waals surface area contributed by atoms with Gasteiger partial charge in [-0.2, -0.15) is 13.2 Å². The second kappa shape index (κ2) is 8.07. The smallest absolute Gasteiger partial charge is 0.418 e. The topological polar surface area (TPSA) is 111 Å². The summed E-state index contributed by atoms with van der Waals surface area (Å²) in [5, 5.41) is 4.94. The molecule has 12 heteroatoms. The molecule has 0 saturated heterocycles. The molecule has 8 nitrogen and oxygen atoms in total. The molecule has 0 fully saturated rings. The number of esters is 1. The van der Waals surface area contributed by atoms with E-state index in [9.17, 15) is 22.8 Å². The highest BCUT2D eigenvalue weighted by Gasteiger charge is 2.38. The van der Waals surface area contributed by atoms with Crippen LogP contribution in [0.2, 0.25) is 0 Å². The lowest BCUT2D eigenvalue weighted by Crippen LogP contribution is -2.45. The first-order valence-corrected chi connectivity index (χ1v) is 7.97. The zero-order valence-electron chi connectivity index (χ0n) is 14.5. The van der Waals surface area contributed by atoms with Crippen LogP contribution in [0.15, 0.2) is 24.7 Å². The van der Waals surface area contributed by atoms with Crippen LogP contribution in [-0.2, 0) is 27.0 Å². The van der Waals surface area contributed by atoms with Crippen molar-refractivity contribution in [3.8, 4) is 5.69 Å². The van der Waals surface area contributed by atoms with E-state index in [0.717, 1.165) is 6.07 Å². The second-order valence-corrected chi connectivity index (χ2v) is 5.71. The minimum atomic E-state index is -4.68. The van der Waals surface area contributed by atoms with E-state index in [0.29, 0.717) is 5.69 Å². The zero-order valence-corrected chi connectivity index (χ0v) is 15.4. The first kappa shape index (κ1) is 21.5. The maximum Gasteiger partial charge on any atom is 0.418 e. The summed E-state index contributed by atoms with van der Waals surface area (Å²) >= 11 is 0. The number of aromatic nitrogens is 2. The van der Waals surface area contributed by atoms with Gasteiger partial charge in [-0.25, -0.2) is 9.78 Å². The van der Waals surface area contributed by atoms with Crippen LogP contribution in [-0.4, -0.2) is 34.1 Å². The van der Waals surface area contributed by atoms with Gasteiger partial charge in [0.15, 0.2) is 0 Å². The van der Waals surface area contributed by atoms with Crippen LogP contribution in [0.4, 0.5) is 24.5 Å². The molecule has 152 valence electrons. The van der Waals surface area contributed by atoms with E-state index >= 15 is 0 Å². The highest BCUT2D eigenvalue weighted by Crippen LogP contribution is 2.40. The van der Waals surface area contributed by atoms with Crippen molar-refractivity contribution in [3.05, 3.63) is 35.9 Å². The molecule has 1 aliphatic heterocycles. The first-order valence-electron chi connectivity index (χ1n) is 7.97. The number of carbonyl (C=O) groups excluding carboxylic acids is 2. The number of amides is 1. The van der Waals surface area contributed by atoms with E-state index < -0.39 is 29.7 Å². The van der Waals surface area contributed by atoms with Crippen LogP contribution in [0.5, 0.6) is 0 Å². The number of ether oxygens (including phenoxy) is 1.